The number of hydrogen-bond acceptors (Lipinski definition) is 8. The molecule has 12 heteroatoms. The molecular weight excluding hydrogens is 575 g/mol. The van der Waals surface area contributed by atoms with E-state index >= 15 is 4.39 Å². The second-order valence-electron chi connectivity index (χ2n) is 11.9. The number of aryl methyl sites for hydroxylation is 1. The molecule has 4 aliphatic rings. The molecule has 2 N–H and O–H groups in total. The normalized spacial score (nSPS) is 15.4. The minimum Gasteiger partial charge on any atom is -0.392 e. The third-order valence-electron chi connectivity index (χ3n) is 9.00. The van der Waals surface area contributed by atoms with Gasteiger partial charge in [0.25, 0.3) is 5.56 Å². The second kappa shape index (κ2) is 11.6. The van der Waals surface area contributed by atoms with Crippen LogP contribution in [0.15, 0.2) is 64.8 Å². The monoisotopic (exact) mass is 610 g/mol. The number of rotatable bonds is 6. The fourth-order valence-corrected chi connectivity index (χ4v) is 6.50. The van der Waals surface area contributed by atoms with E-state index in [0.717, 1.165) is 68.8 Å². The van der Waals surface area contributed by atoms with Crippen LogP contribution in [-0.2, 0) is 26.5 Å². The van der Waals surface area contributed by atoms with Gasteiger partial charge in [-0.05, 0) is 68.6 Å². The quantitative estimate of drug-likeness (QED) is 0.302. The van der Waals surface area contributed by atoms with Crippen molar-refractivity contribution >= 4 is 17.2 Å². The number of fused-ring (bicyclic) bond motifs is 3. The summed E-state index contributed by atoms with van der Waals surface area (Å²) < 4.78 is 19.9. The number of piperazine rings is 1. The molecule has 0 atom stereocenters. The van der Waals surface area contributed by atoms with Crippen LogP contribution in [0.4, 0.5) is 21.6 Å². The van der Waals surface area contributed by atoms with Crippen LogP contribution < -0.4 is 21.2 Å². The van der Waals surface area contributed by atoms with Crippen LogP contribution in [-0.4, -0.2) is 67.1 Å². The molecule has 0 radical (unpaired) electrons. The van der Waals surface area contributed by atoms with Crippen molar-refractivity contribution in [3.05, 3.63) is 98.5 Å². The molecule has 0 unspecified atom stereocenters. The highest BCUT2D eigenvalue weighted by molar-refractivity contribution is 5.74. The average Bonchev–Trinajstić information content (AvgIpc) is 3.34. The van der Waals surface area contributed by atoms with Crippen molar-refractivity contribution in [2.45, 2.75) is 32.3 Å². The number of likely N-dealkylation sites (N-methyl/N-ethyl adjacent to an activating group) is 1. The highest BCUT2D eigenvalue weighted by atomic mass is 19.1. The van der Waals surface area contributed by atoms with Gasteiger partial charge >= 0.3 is 0 Å². The van der Waals surface area contributed by atoms with Crippen molar-refractivity contribution in [2.24, 2.45) is 7.05 Å². The molecule has 0 saturated carbocycles. The second-order valence-corrected chi connectivity index (χ2v) is 11.9. The first kappa shape index (κ1) is 28.9. The summed E-state index contributed by atoms with van der Waals surface area (Å²) in [7, 11) is 3.73. The number of halogens is 1. The molecule has 5 heterocycles. The van der Waals surface area contributed by atoms with Gasteiger partial charge in [-0.1, -0.05) is 0 Å². The Morgan fingerprint density at radius 2 is 1.78 bits per heavy atom. The van der Waals surface area contributed by atoms with Crippen LogP contribution >= 0.6 is 0 Å². The lowest BCUT2D eigenvalue weighted by atomic mass is 9.98. The van der Waals surface area contributed by atoms with Crippen LogP contribution in [0.3, 0.4) is 0 Å². The summed E-state index contributed by atoms with van der Waals surface area (Å²) in [5.41, 5.74) is 4.84. The Bertz CT molecular complexity index is 1970. The van der Waals surface area contributed by atoms with Crippen molar-refractivity contribution in [2.75, 3.05) is 43.4 Å². The lowest BCUT2D eigenvalue weighted by Crippen LogP contribution is -2.44. The first-order chi connectivity index (χ1) is 21.8. The van der Waals surface area contributed by atoms with Gasteiger partial charge in [-0.3, -0.25) is 14.2 Å². The van der Waals surface area contributed by atoms with Gasteiger partial charge < -0.3 is 24.8 Å². The topological polar surface area (TPSA) is 113 Å². The van der Waals surface area contributed by atoms with E-state index in [1.165, 1.54) is 21.4 Å². The molecule has 45 heavy (non-hydrogen) atoms. The van der Waals surface area contributed by atoms with Crippen LogP contribution in [0.1, 0.15) is 29.7 Å². The summed E-state index contributed by atoms with van der Waals surface area (Å²) in [5.74, 6) is -0.0475. The predicted molar refractivity (Wildman–Crippen MR) is 171 cm³/mol. The minimum atomic E-state index is -0.548. The molecule has 0 bridgehead atoms. The molecule has 0 spiro atoms. The molecule has 232 valence electrons. The van der Waals surface area contributed by atoms with Gasteiger partial charge in [0.1, 0.15) is 29.3 Å². The van der Waals surface area contributed by atoms with E-state index in [2.05, 4.69) is 32.2 Å². The van der Waals surface area contributed by atoms with Crippen LogP contribution in [0.5, 0.6) is 0 Å². The standard InChI is InChI=1S/C33H35FN8O3/c1-38-9-11-40(12-10-38)23-7-8-31(35-16-23)37-27-13-21(17-39(2)33(27)45)25-14-22(34)15-29(26(25)19-43)42-18-30-32(44)24-5-3-4-6-28(24)41(30)20-36-42/h7-8,13-18,20,43H,3-6,9-12,19H2,1-2H3,(H,35,37). The Balaban J connectivity index is 1.25. The molecule has 1 saturated heterocycles. The van der Waals surface area contributed by atoms with Crippen LogP contribution in [0.25, 0.3) is 22.5 Å². The van der Waals surface area contributed by atoms with E-state index in [-0.39, 0.29) is 16.7 Å². The van der Waals surface area contributed by atoms with E-state index in [1.807, 2.05) is 16.7 Å². The van der Waals surface area contributed by atoms with Gasteiger partial charge in [0.2, 0.25) is 5.43 Å². The smallest absolute Gasteiger partial charge is 0.274 e. The van der Waals surface area contributed by atoms with Crippen molar-refractivity contribution in [3.63, 3.8) is 0 Å². The number of aliphatic hydroxyl groups excluding tert-OH is 1. The number of anilines is 3. The fourth-order valence-electron chi connectivity index (χ4n) is 6.50. The van der Waals surface area contributed by atoms with E-state index in [4.69, 9.17) is 0 Å². The highest BCUT2D eigenvalue weighted by Crippen LogP contribution is 2.32. The van der Waals surface area contributed by atoms with Crippen molar-refractivity contribution in [1.29, 1.82) is 0 Å². The average molecular weight is 611 g/mol. The number of hydrogen-bond donors (Lipinski definition) is 2. The fraction of sp³-hybridized carbons (Fsp3) is 0.333. The molecule has 2 aromatic heterocycles. The van der Waals surface area contributed by atoms with E-state index in [0.29, 0.717) is 33.9 Å². The van der Waals surface area contributed by atoms with Gasteiger partial charge in [0.05, 0.1) is 30.4 Å². The van der Waals surface area contributed by atoms with Gasteiger partial charge in [-0.2, -0.15) is 5.10 Å². The summed E-state index contributed by atoms with van der Waals surface area (Å²) in [6, 6.07) is 8.07. The number of aromatic nitrogens is 5. The lowest BCUT2D eigenvalue weighted by molar-refractivity contribution is 0.281. The summed E-state index contributed by atoms with van der Waals surface area (Å²) in [6.45, 7) is 3.39. The SMILES string of the molecule is CN1CCN(c2ccc(Nc3cc(-c4cc(F)cc(-n5cc6c(=O)c7c(n-6cn5)CCCC7)c4CO)cn(C)c3=O)nc2)CC1. The Hall–Kier alpha value is -4.81. The highest BCUT2D eigenvalue weighted by Gasteiger charge is 2.25. The van der Waals surface area contributed by atoms with Crippen molar-refractivity contribution in [3.8, 4) is 22.5 Å². The first-order valence-electron chi connectivity index (χ1n) is 15.2. The number of nitrogens with one attached hydrogen (secondary N) is 1. The number of nitrogens with zero attached hydrogens (tertiary/aromatic N) is 7. The van der Waals surface area contributed by atoms with E-state index < -0.39 is 12.4 Å². The number of benzene rings is 1. The molecule has 1 aliphatic carbocycles. The largest absolute Gasteiger partial charge is 0.392 e. The Kier molecular flexibility index (Phi) is 7.46. The Morgan fingerprint density at radius 3 is 2.53 bits per heavy atom. The summed E-state index contributed by atoms with van der Waals surface area (Å²) in [6.07, 6.45) is 10.1. The van der Waals surface area contributed by atoms with Gasteiger partial charge in [0, 0.05) is 61.8 Å². The Morgan fingerprint density at radius 1 is 0.978 bits per heavy atom. The van der Waals surface area contributed by atoms with Gasteiger partial charge in [-0.25, -0.2) is 14.1 Å². The molecule has 3 aromatic rings. The van der Waals surface area contributed by atoms with Crippen molar-refractivity contribution in [1.82, 2.24) is 28.8 Å². The third kappa shape index (κ3) is 5.29. The van der Waals surface area contributed by atoms with E-state index in [9.17, 15) is 14.7 Å². The predicted octanol–water partition coefficient (Wildman–Crippen LogP) is 3.23. The summed E-state index contributed by atoms with van der Waals surface area (Å²) in [4.78, 5) is 35.5. The van der Waals surface area contributed by atoms with E-state index in [1.54, 1.807) is 38.0 Å². The Labute approximate surface area is 259 Å². The van der Waals surface area contributed by atoms with Crippen LogP contribution in [0, 0.1) is 5.82 Å². The molecule has 11 nitrogen and oxygen atoms in total. The maximum atomic E-state index is 15.2. The summed E-state index contributed by atoms with van der Waals surface area (Å²) >= 11 is 0. The molecule has 3 aliphatic heterocycles. The molecular formula is C33H35FN8O3. The van der Waals surface area contributed by atoms with Crippen molar-refractivity contribution < 1.29 is 9.50 Å². The molecule has 7 rings (SSSR count). The first-order valence-corrected chi connectivity index (χ1v) is 15.2. The zero-order valence-electron chi connectivity index (χ0n) is 25.3. The molecule has 0 amide bonds. The lowest BCUT2D eigenvalue weighted by Gasteiger charge is -2.33. The number of aliphatic hydroxyl groups is 1. The molecule has 1 fully saturated rings. The molecule has 1 aromatic carbocycles. The third-order valence-corrected chi connectivity index (χ3v) is 9.00. The maximum Gasteiger partial charge on any atom is 0.274 e. The summed E-state index contributed by atoms with van der Waals surface area (Å²) in [5, 5.41) is 18.2. The minimum absolute atomic E-state index is 0.0398. The van der Waals surface area contributed by atoms with Crippen LogP contribution in [0.2, 0.25) is 0 Å². The van der Waals surface area contributed by atoms with Gasteiger partial charge in [-0.15, -0.1) is 0 Å². The van der Waals surface area contributed by atoms with Gasteiger partial charge in [0.15, 0.2) is 0 Å². The number of pyridine rings is 2. The zero-order chi connectivity index (χ0) is 31.2. The maximum absolute atomic E-state index is 15.2. The zero-order valence-corrected chi connectivity index (χ0v) is 25.3.